The van der Waals surface area contributed by atoms with Gasteiger partial charge in [0, 0.05) is 53.1 Å². The van der Waals surface area contributed by atoms with Crippen molar-refractivity contribution >= 4 is 39.6 Å². The zero-order valence-electron chi connectivity index (χ0n) is 13.0. The second-order valence-electron chi connectivity index (χ2n) is 5.68. The summed E-state index contributed by atoms with van der Waals surface area (Å²) in [4.78, 5) is 19.2. The SMILES string of the molecule is Cn1cc(/C(=C/c2c[nH]c3ncccc23)C(=O)O)c2ccccc21. The number of aryl methyl sites for hydroxylation is 1. The van der Waals surface area contributed by atoms with Gasteiger partial charge in [-0.2, -0.15) is 0 Å². The molecular weight excluding hydrogens is 302 g/mol. The number of benzene rings is 1. The van der Waals surface area contributed by atoms with Crippen molar-refractivity contribution in [1.82, 2.24) is 14.5 Å². The molecule has 0 spiro atoms. The number of aliphatic carboxylic acids is 1. The first-order valence-electron chi connectivity index (χ1n) is 7.56. The van der Waals surface area contributed by atoms with Crippen molar-refractivity contribution in [2.24, 2.45) is 7.05 Å². The number of hydrogen-bond acceptors (Lipinski definition) is 2. The summed E-state index contributed by atoms with van der Waals surface area (Å²) in [7, 11) is 1.92. The van der Waals surface area contributed by atoms with Crippen molar-refractivity contribution < 1.29 is 9.90 Å². The third kappa shape index (κ3) is 2.18. The molecule has 0 amide bonds. The van der Waals surface area contributed by atoms with Crippen LogP contribution in [0.2, 0.25) is 0 Å². The van der Waals surface area contributed by atoms with E-state index >= 15 is 0 Å². The van der Waals surface area contributed by atoms with E-state index in [1.54, 1.807) is 18.5 Å². The number of pyridine rings is 1. The Balaban J connectivity index is 1.96. The number of para-hydroxylation sites is 1. The predicted molar refractivity (Wildman–Crippen MR) is 94.5 cm³/mol. The number of carboxylic acids is 1. The van der Waals surface area contributed by atoms with Crippen molar-refractivity contribution in [3.8, 4) is 0 Å². The fourth-order valence-corrected chi connectivity index (χ4v) is 3.06. The highest BCUT2D eigenvalue weighted by Crippen LogP contribution is 2.29. The van der Waals surface area contributed by atoms with E-state index in [0.717, 1.165) is 27.5 Å². The zero-order chi connectivity index (χ0) is 16.7. The predicted octanol–water partition coefficient (Wildman–Crippen LogP) is 3.68. The minimum Gasteiger partial charge on any atom is -0.478 e. The van der Waals surface area contributed by atoms with Gasteiger partial charge in [0.2, 0.25) is 0 Å². The van der Waals surface area contributed by atoms with Crippen LogP contribution in [-0.2, 0) is 11.8 Å². The highest BCUT2D eigenvalue weighted by Gasteiger charge is 2.17. The van der Waals surface area contributed by atoms with Gasteiger partial charge in [-0.3, -0.25) is 0 Å². The third-order valence-electron chi connectivity index (χ3n) is 4.20. The Morgan fingerprint density at radius 3 is 2.83 bits per heavy atom. The van der Waals surface area contributed by atoms with Crippen LogP contribution in [0, 0.1) is 0 Å². The molecule has 0 bridgehead atoms. The molecule has 24 heavy (non-hydrogen) atoms. The summed E-state index contributed by atoms with van der Waals surface area (Å²) in [5, 5.41) is 11.6. The number of nitrogens with one attached hydrogen (secondary N) is 1. The van der Waals surface area contributed by atoms with E-state index < -0.39 is 5.97 Å². The van der Waals surface area contributed by atoms with Gasteiger partial charge in [-0.25, -0.2) is 9.78 Å². The van der Waals surface area contributed by atoms with Crippen LogP contribution in [-0.4, -0.2) is 25.6 Å². The van der Waals surface area contributed by atoms with Crippen LogP contribution in [0.3, 0.4) is 0 Å². The minimum atomic E-state index is -0.954. The number of nitrogens with zero attached hydrogens (tertiary/aromatic N) is 2. The molecule has 0 atom stereocenters. The molecular formula is C19H15N3O2. The molecule has 0 aliphatic rings. The fourth-order valence-electron chi connectivity index (χ4n) is 3.06. The zero-order valence-corrected chi connectivity index (χ0v) is 13.0. The molecule has 3 aromatic heterocycles. The summed E-state index contributed by atoms with van der Waals surface area (Å²) >= 11 is 0. The van der Waals surface area contributed by atoms with Gasteiger partial charge >= 0.3 is 5.97 Å². The van der Waals surface area contributed by atoms with E-state index in [9.17, 15) is 9.90 Å². The van der Waals surface area contributed by atoms with E-state index in [1.165, 1.54) is 0 Å². The standard InChI is InChI=1S/C19H15N3O2/c1-22-11-16(14-5-2-3-7-17(14)22)15(19(23)24)9-12-10-21-18-13(12)6-4-8-20-18/h2-11H,1H3,(H,20,21)(H,23,24)/b15-9-. The summed E-state index contributed by atoms with van der Waals surface area (Å²) in [6.07, 6.45) is 7.04. The monoisotopic (exact) mass is 317 g/mol. The van der Waals surface area contributed by atoms with Crippen LogP contribution in [0.5, 0.6) is 0 Å². The molecule has 0 aliphatic carbocycles. The largest absolute Gasteiger partial charge is 0.478 e. The molecule has 1 aromatic carbocycles. The Kier molecular flexibility index (Phi) is 3.20. The number of aromatic nitrogens is 3. The lowest BCUT2D eigenvalue weighted by molar-refractivity contribution is -0.130. The molecule has 0 saturated carbocycles. The number of carbonyl (C=O) groups is 1. The van der Waals surface area contributed by atoms with Crippen LogP contribution in [0.25, 0.3) is 33.6 Å². The smallest absolute Gasteiger partial charge is 0.336 e. The maximum atomic E-state index is 11.9. The van der Waals surface area contributed by atoms with Crippen molar-refractivity contribution in [1.29, 1.82) is 0 Å². The van der Waals surface area contributed by atoms with Gasteiger partial charge in [0.1, 0.15) is 5.65 Å². The van der Waals surface area contributed by atoms with Gasteiger partial charge in [0.25, 0.3) is 0 Å². The number of carboxylic acid groups (broad SMARTS) is 1. The Bertz CT molecular complexity index is 1100. The van der Waals surface area contributed by atoms with Gasteiger partial charge < -0.3 is 14.7 Å². The summed E-state index contributed by atoms with van der Waals surface area (Å²) in [5.41, 5.74) is 3.52. The summed E-state index contributed by atoms with van der Waals surface area (Å²) in [6, 6.07) is 11.5. The maximum absolute atomic E-state index is 11.9. The second-order valence-corrected chi connectivity index (χ2v) is 5.68. The lowest BCUT2D eigenvalue weighted by Crippen LogP contribution is -1.99. The van der Waals surface area contributed by atoms with Crippen LogP contribution >= 0.6 is 0 Å². The molecule has 0 fully saturated rings. The van der Waals surface area contributed by atoms with Gasteiger partial charge in [0.15, 0.2) is 0 Å². The van der Waals surface area contributed by atoms with E-state index in [2.05, 4.69) is 9.97 Å². The van der Waals surface area contributed by atoms with Crippen LogP contribution in [0.4, 0.5) is 0 Å². The molecule has 5 nitrogen and oxygen atoms in total. The lowest BCUT2D eigenvalue weighted by atomic mass is 10.0. The Hall–Kier alpha value is -3.34. The Labute approximate surface area is 137 Å². The average molecular weight is 317 g/mol. The van der Waals surface area contributed by atoms with E-state index in [4.69, 9.17) is 0 Å². The number of fused-ring (bicyclic) bond motifs is 2. The molecule has 0 unspecified atom stereocenters. The number of rotatable bonds is 3. The van der Waals surface area contributed by atoms with E-state index in [-0.39, 0.29) is 5.57 Å². The average Bonchev–Trinajstić information content (AvgIpc) is 3.14. The quantitative estimate of drug-likeness (QED) is 0.566. The molecule has 2 N–H and O–H groups in total. The summed E-state index contributed by atoms with van der Waals surface area (Å²) in [6.45, 7) is 0. The Morgan fingerprint density at radius 2 is 2.00 bits per heavy atom. The molecule has 5 heteroatoms. The lowest BCUT2D eigenvalue weighted by Gasteiger charge is -2.01. The van der Waals surface area contributed by atoms with Crippen molar-refractivity contribution in [3.63, 3.8) is 0 Å². The highest BCUT2D eigenvalue weighted by atomic mass is 16.4. The first kappa shape index (κ1) is 14.3. The van der Waals surface area contributed by atoms with Gasteiger partial charge in [-0.1, -0.05) is 18.2 Å². The van der Waals surface area contributed by atoms with E-state index in [1.807, 2.05) is 54.2 Å². The summed E-state index contributed by atoms with van der Waals surface area (Å²) < 4.78 is 1.94. The number of hydrogen-bond donors (Lipinski definition) is 2. The first-order valence-corrected chi connectivity index (χ1v) is 7.56. The minimum absolute atomic E-state index is 0.261. The van der Waals surface area contributed by atoms with Gasteiger partial charge in [0.05, 0.1) is 5.57 Å². The van der Waals surface area contributed by atoms with E-state index in [0.29, 0.717) is 5.56 Å². The van der Waals surface area contributed by atoms with Crippen LogP contribution in [0.1, 0.15) is 11.1 Å². The maximum Gasteiger partial charge on any atom is 0.336 e. The van der Waals surface area contributed by atoms with Crippen LogP contribution in [0.15, 0.2) is 55.0 Å². The third-order valence-corrected chi connectivity index (χ3v) is 4.20. The molecule has 0 saturated heterocycles. The molecule has 4 aromatic rings. The van der Waals surface area contributed by atoms with Crippen molar-refractivity contribution in [2.75, 3.05) is 0 Å². The van der Waals surface area contributed by atoms with Gasteiger partial charge in [-0.05, 0) is 24.3 Å². The molecule has 4 rings (SSSR count). The van der Waals surface area contributed by atoms with Crippen molar-refractivity contribution in [2.45, 2.75) is 0 Å². The fraction of sp³-hybridized carbons (Fsp3) is 0.0526. The first-order chi connectivity index (χ1) is 11.6. The number of aromatic amines is 1. The molecule has 0 radical (unpaired) electrons. The highest BCUT2D eigenvalue weighted by molar-refractivity contribution is 6.24. The topological polar surface area (TPSA) is 70.9 Å². The second kappa shape index (κ2) is 5.38. The Morgan fingerprint density at radius 1 is 1.21 bits per heavy atom. The van der Waals surface area contributed by atoms with Crippen molar-refractivity contribution in [3.05, 3.63) is 66.1 Å². The molecule has 3 heterocycles. The molecule has 0 aliphatic heterocycles. The summed E-state index contributed by atoms with van der Waals surface area (Å²) in [5.74, 6) is -0.954. The van der Waals surface area contributed by atoms with Crippen LogP contribution < -0.4 is 0 Å². The normalized spacial score (nSPS) is 12.1. The number of H-pyrrole nitrogens is 1. The molecule has 118 valence electrons. The van der Waals surface area contributed by atoms with Gasteiger partial charge in [-0.15, -0.1) is 0 Å².